The average molecular weight is 303 g/mol. The first kappa shape index (κ1) is 11.6. The summed E-state index contributed by atoms with van der Waals surface area (Å²) in [6.07, 6.45) is -0.433. The molecule has 0 radical (unpaired) electrons. The van der Waals surface area contributed by atoms with Gasteiger partial charge in [0.2, 0.25) is 0 Å². The van der Waals surface area contributed by atoms with Crippen LogP contribution in [0.25, 0.3) is 0 Å². The van der Waals surface area contributed by atoms with Gasteiger partial charge < -0.3 is 4.74 Å². The van der Waals surface area contributed by atoms with E-state index in [1.54, 1.807) is 0 Å². The molecular formula is C15H11BrO2. The molecule has 1 saturated heterocycles. The van der Waals surface area contributed by atoms with Gasteiger partial charge >= 0.3 is 0 Å². The number of carbonyl (C=O) groups is 1. The van der Waals surface area contributed by atoms with Gasteiger partial charge in [-0.25, -0.2) is 0 Å². The predicted octanol–water partition coefficient (Wildman–Crippen LogP) is 3.77. The lowest BCUT2D eigenvalue weighted by molar-refractivity contribution is 0.0953. The molecule has 1 heterocycles. The highest BCUT2D eigenvalue weighted by molar-refractivity contribution is 9.10. The van der Waals surface area contributed by atoms with Crippen LogP contribution in [0.15, 0.2) is 59.1 Å². The first-order chi connectivity index (χ1) is 8.77. The molecule has 0 aromatic heterocycles. The van der Waals surface area contributed by atoms with Crippen molar-refractivity contribution in [2.75, 3.05) is 0 Å². The fourth-order valence-electron chi connectivity index (χ4n) is 2.02. The Morgan fingerprint density at radius 1 is 1.00 bits per heavy atom. The van der Waals surface area contributed by atoms with Crippen LogP contribution in [0.3, 0.4) is 0 Å². The summed E-state index contributed by atoms with van der Waals surface area (Å²) in [7, 11) is 0. The molecule has 0 N–H and O–H groups in total. The minimum absolute atomic E-state index is 0.0383. The van der Waals surface area contributed by atoms with Crippen LogP contribution >= 0.6 is 15.9 Å². The van der Waals surface area contributed by atoms with Crippen molar-refractivity contribution in [1.82, 2.24) is 0 Å². The summed E-state index contributed by atoms with van der Waals surface area (Å²) >= 11 is 3.39. The fraction of sp³-hybridized carbons (Fsp3) is 0.133. The highest BCUT2D eigenvalue weighted by Crippen LogP contribution is 2.41. The molecule has 1 aliphatic heterocycles. The molecular weight excluding hydrogens is 292 g/mol. The van der Waals surface area contributed by atoms with Crippen molar-refractivity contribution >= 4 is 21.7 Å². The third-order valence-electron chi connectivity index (χ3n) is 3.02. The molecule has 0 amide bonds. The van der Waals surface area contributed by atoms with Crippen LogP contribution in [0.1, 0.15) is 22.0 Å². The molecule has 2 nitrogen and oxygen atoms in total. The number of ether oxygens (including phenoxy) is 1. The smallest absolute Gasteiger partial charge is 0.195 e. The topological polar surface area (TPSA) is 29.6 Å². The van der Waals surface area contributed by atoms with Crippen molar-refractivity contribution in [2.24, 2.45) is 0 Å². The zero-order valence-corrected chi connectivity index (χ0v) is 11.1. The molecule has 0 saturated carbocycles. The summed E-state index contributed by atoms with van der Waals surface area (Å²) in [5.74, 6) is 0.0383. The van der Waals surface area contributed by atoms with Crippen LogP contribution in [0.5, 0.6) is 0 Å². The summed E-state index contributed by atoms with van der Waals surface area (Å²) in [6.45, 7) is 0. The molecule has 2 atom stereocenters. The van der Waals surface area contributed by atoms with E-state index in [9.17, 15) is 4.79 Å². The summed E-state index contributed by atoms with van der Waals surface area (Å²) in [4.78, 5) is 12.3. The minimum Gasteiger partial charge on any atom is -0.356 e. The highest BCUT2D eigenvalue weighted by Gasteiger charge is 2.46. The number of epoxide rings is 1. The van der Waals surface area contributed by atoms with Gasteiger partial charge in [0.15, 0.2) is 11.9 Å². The zero-order valence-electron chi connectivity index (χ0n) is 9.55. The van der Waals surface area contributed by atoms with Crippen molar-refractivity contribution in [2.45, 2.75) is 12.2 Å². The predicted molar refractivity (Wildman–Crippen MR) is 72.5 cm³/mol. The lowest BCUT2D eigenvalue weighted by atomic mass is 10.0. The van der Waals surface area contributed by atoms with Gasteiger partial charge in [-0.3, -0.25) is 4.79 Å². The van der Waals surface area contributed by atoms with Crippen LogP contribution in [0.4, 0.5) is 0 Å². The van der Waals surface area contributed by atoms with E-state index in [-0.39, 0.29) is 18.0 Å². The largest absolute Gasteiger partial charge is 0.356 e. The molecule has 3 heteroatoms. The van der Waals surface area contributed by atoms with Gasteiger partial charge in [-0.2, -0.15) is 0 Å². The number of hydrogen-bond donors (Lipinski definition) is 0. The Morgan fingerprint density at radius 3 is 2.39 bits per heavy atom. The first-order valence-electron chi connectivity index (χ1n) is 5.76. The average Bonchev–Trinajstić information content (AvgIpc) is 3.20. The van der Waals surface area contributed by atoms with Crippen LogP contribution in [0, 0.1) is 0 Å². The number of Topliss-reactive ketones (excluding diaryl/α,β-unsaturated/α-hetero) is 1. The number of hydrogen-bond acceptors (Lipinski definition) is 2. The van der Waals surface area contributed by atoms with E-state index in [2.05, 4.69) is 15.9 Å². The van der Waals surface area contributed by atoms with Crippen molar-refractivity contribution < 1.29 is 9.53 Å². The molecule has 2 aromatic rings. The Hall–Kier alpha value is -1.45. The molecule has 18 heavy (non-hydrogen) atoms. The SMILES string of the molecule is O=C(c1ccccc1Br)[C@@H]1O[C@H]1c1ccccc1. The quantitative estimate of drug-likeness (QED) is 0.638. The van der Waals surface area contributed by atoms with Crippen molar-refractivity contribution in [3.05, 3.63) is 70.2 Å². The Kier molecular flexibility index (Phi) is 3.02. The molecule has 90 valence electrons. The van der Waals surface area contributed by atoms with Crippen LogP contribution in [-0.4, -0.2) is 11.9 Å². The Balaban J connectivity index is 1.80. The fourth-order valence-corrected chi connectivity index (χ4v) is 2.50. The summed E-state index contributed by atoms with van der Waals surface area (Å²) in [5, 5.41) is 0. The van der Waals surface area contributed by atoms with E-state index in [4.69, 9.17) is 4.74 Å². The molecule has 0 unspecified atom stereocenters. The standard InChI is InChI=1S/C15H11BrO2/c16-12-9-5-4-8-11(12)13(17)15-14(18-15)10-6-2-1-3-7-10/h1-9,14-15H/t14-,15-/m0/s1. The van der Waals surface area contributed by atoms with Crippen molar-refractivity contribution in [3.8, 4) is 0 Å². The van der Waals surface area contributed by atoms with Gasteiger partial charge in [0.1, 0.15) is 6.10 Å². The van der Waals surface area contributed by atoms with E-state index in [0.29, 0.717) is 5.56 Å². The van der Waals surface area contributed by atoms with Gasteiger partial charge in [-0.05, 0) is 11.6 Å². The summed E-state index contributed by atoms with van der Waals surface area (Å²) in [6, 6.07) is 17.3. The van der Waals surface area contributed by atoms with Gasteiger partial charge in [0.05, 0.1) is 0 Å². The molecule has 0 spiro atoms. The molecule has 0 bridgehead atoms. The second kappa shape index (κ2) is 4.67. The lowest BCUT2D eigenvalue weighted by Crippen LogP contribution is -2.08. The maximum Gasteiger partial charge on any atom is 0.195 e. The first-order valence-corrected chi connectivity index (χ1v) is 6.56. The molecule has 1 aliphatic rings. The second-order valence-corrected chi connectivity index (χ2v) is 5.09. The van der Waals surface area contributed by atoms with Crippen LogP contribution in [0.2, 0.25) is 0 Å². The second-order valence-electron chi connectivity index (χ2n) is 4.23. The highest BCUT2D eigenvalue weighted by atomic mass is 79.9. The number of rotatable bonds is 3. The van der Waals surface area contributed by atoms with Gasteiger partial charge in [0, 0.05) is 10.0 Å². The Morgan fingerprint density at radius 2 is 1.67 bits per heavy atom. The van der Waals surface area contributed by atoms with E-state index in [0.717, 1.165) is 10.0 Å². The zero-order chi connectivity index (χ0) is 12.5. The molecule has 2 aromatic carbocycles. The third-order valence-corrected chi connectivity index (χ3v) is 3.71. The minimum atomic E-state index is -0.342. The Bertz CT molecular complexity index is 580. The van der Waals surface area contributed by atoms with Crippen LogP contribution in [-0.2, 0) is 4.74 Å². The van der Waals surface area contributed by atoms with E-state index in [1.807, 2.05) is 54.6 Å². The molecule has 3 rings (SSSR count). The maximum absolute atomic E-state index is 12.3. The van der Waals surface area contributed by atoms with Crippen molar-refractivity contribution in [3.63, 3.8) is 0 Å². The number of ketones is 1. The lowest BCUT2D eigenvalue weighted by Gasteiger charge is -2.00. The van der Waals surface area contributed by atoms with E-state index in [1.165, 1.54) is 0 Å². The van der Waals surface area contributed by atoms with E-state index < -0.39 is 0 Å². The Labute approximate surface area is 114 Å². The van der Waals surface area contributed by atoms with Crippen LogP contribution < -0.4 is 0 Å². The third kappa shape index (κ3) is 2.11. The summed E-state index contributed by atoms with van der Waals surface area (Å²) < 4.78 is 6.32. The molecule has 0 aliphatic carbocycles. The van der Waals surface area contributed by atoms with E-state index >= 15 is 0 Å². The van der Waals surface area contributed by atoms with Gasteiger partial charge in [0.25, 0.3) is 0 Å². The monoisotopic (exact) mass is 302 g/mol. The summed E-state index contributed by atoms with van der Waals surface area (Å²) in [5.41, 5.74) is 1.74. The normalized spacial score (nSPS) is 21.6. The number of carbonyl (C=O) groups excluding carboxylic acids is 1. The number of benzene rings is 2. The van der Waals surface area contributed by atoms with Crippen molar-refractivity contribution in [1.29, 1.82) is 0 Å². The number of halogens is 1. The van der Waals surface area contributed by atoms with Gasteiger partial charge in [-0.15, -0.1) is 0 Å². The maximum atomic E-state index is 12.3. The van der Waals surface area contributed by atoms with Gasteiger partial charge in [-0.1, -0.05) is 64.5 Å². The molecule has 1 fully saturated rings.